The summed E-state index contributed by atoms with van der Waals surface area (Å²) in [4.78, 5) is 0. The monoisotopic (exact) mass is 253 g/mol. The average molecular weight is 253 g/mol. The van der Waals surface area contributed by atoms with Crippen LogP contribution in [0.3, 0.4) is 0 Å². The van der Waals surface area contributed by atoms with E-state index in [9.17, 15) is 22.0 Å². The van der Waals surface area contributed by atoms with Crippen LogP contribution >= 0.6 is 0 Å². The molecule has 1 unspecified atom stereocenters. The van der Waals surface area contributed by atoms with Gasteiger partial charge in [0.2, 0.25) is 0 Å². The van der Waals surface area contributed by atoms with Crippen LogP contribution in [0, 0.1) is 11.6 Å². The third-order valence-corrected chi connectivity index (χ3v) is 2.76. The Bertz CT molecular complexity index is 411. The van der Waals surface area contributed by atoms with Gasteiger partial charge in [-0.15, -0.1) is 0 Å². The highest BCUT2D eigenvalue weighted by atomic mass is 19.4. The van der Waals surface area contributed by atoms with E-state index < -0.39 is 29.3 Å². The van der Waals surface area contributed by atoms with Crippen molar-refractivity contribution in [3.05, 3.63) is 35.4 Å². The summed E-state index contributed by atoms with van der Waals surface area (Å²) in [6.45, 7) is 2.34. The Balaban J connectivity index is 3.21. The van der Waals surface area contributed by atoms with Gasteiger partial charge in [-0.2, -0.15) is 13.2 Å². The lowest BCUT2D eigenvalue weighted by Crippen LogP contribution is -2.51. The van der Waals surface area contributed by atoms with E-state index in [1.807, 2.05) is 0 Å². The molecule has 1 atom stereocenters. The molecular formula is C11H12F5N. The van der Waals surface area contributed by atoms with Crippen molar-refractivity contribution in [3.63, 3.8) is 0 Å². The Hall–Kier alpha value is -1.17. The van der Waals surface area contributed by atoms with Gasteiger partial charge in [0, 0.05) is 11.5 Å². The molecule has 0 aromatic heterocycles. The van der Waals surface area contributed by atoms with Gasteiger partial charge in [0.15, 0.2) is 0 Å². The van der Waals surface area contributed by atoms with E-state index in [0.29, 0.717) is 6.07 Å². The Morgan fingerprint density at radius 2 is 1.65 bits per heavy atom. The molecule has 0 saturated heterocycles. The van der Waals surface area contributed by atoms with E-state index in [0.717, 1.165) is 12.1 Å². The summed E-state index contributed by atoms with van der Waals surface area (Å²) in [6, 6.07) is 0.203. The highest BCUT2D eigenvalue weighted by molar-refractivity contribution is 5.28. The van der Waals surface area contributed by atoms with Crippen LogP contribution in [0.2, 0.25) is 0 Å². The van der Waals surface area contributed by atoms with Crippen LogP contribution in [-0.2, 0) is 5.41 Å². The summed E-state index contributed by atoms with van der Waals surface area (Å²) < 4.78 is 63.7. The molecule has 17 heavy (non-hydrogen) atoms. The maximum atomic E-state index is 13.4. The Morgan fingerprint density at radius 1 is 1.12 bits per heavy atom. The summed E-state index contributed by atoms with van der Waals surface area (Å²) in [5.41, 5.74) is 3.15. The molecule has 0 bridgehead atoms. The summed E-state index contributed by atoms with van der Waals surface area (Å²) in [5, 5.41) is 0. The first-order valence-corrected chi connectivity index (χ1v) is 4.84. The molecule has 0 spiro atoms. The largest absolute Gasteiger partial charge is 0.404 e. The van der Waals surface area contributed by atoms with Crippen LogP contribution in [0.5, 0.6) is 0 Å². The second kappa shape index (κ2) is 4.25. The molecule has 0 aliphatic rings. The fourth-order valence-electron chi connectivity index (χ4n) is 1.59. The van der Waals surface area contributed by atoms with Gasteiger partial charge in [0.25, 0.3) is 0 Å². The second-order valence-electron chi connectivity index (χ2n) is 4.37. The Morgan fingerprint density at radius 3 is 2.06 bits per heavy atom. The van der Waals surface area contributed by atoms with Crippen molar-refractivity contribution < 1.29 is 22.0 Å². The van der Waals surface area contributed by atoms with Gasteiger partial charge >= 0.3 is 6.18 Å². The van der Waals surface area contributed by atoms with Crippen LogP contribution < -0.4 is 5.73 Å². The van der Waals surface area contributed by atoms with Crippen molar-refractivity contribution in [1.82, 2.24) is 0 Å². The lowest BCUT2D eigenvalue weighted by Gasteiger charge is -2.33. The number of alkyl halides is 3. The number of benzene rings is 1. The molecule has 1 nitrogen and oxygen atoms in total. The minimum Gasteiger partial charge on any atom is -0.319 e. The maximum absolute atomic E-state index is 13.4. The minimum atomic E-state index is -4.65. The van der Waals surface area contributed by atoms with Gasteiger partial charge in [-0.05, 0) is 11.6 Å². The molecule has 1 aromatic carbocycles. The molecule has 0 fully saturated rings. The number of hydrogen-bond acceptors (Lipinski definition) is 1. The maximum Gasteiger partial charge on any atom is 0.404 e. The second-order valence-corrected chi connectivity index (χ2v) is 4.37. The molecule has 0 radical (unpaired) electrons. The average Bonchev–Trinajstić information content (AvgIpc) is 2.14. The minimum absolute atomic E-state index is 0.260. The molecule has 1 rings (SSSR count). The zero-order valence-corrected chi connectivity index (χ0v) is 9.28. The summed E-state index contributed by atoms with van der Waals surface area (Å²) in [5.74, 6) is -1.88. The quantitative estimate of drug-likeness (QED) is 0.805. The fourth-order valence-corrected chi connectivity index (χ4v) is 1.59. The first kappa shape index (κ1) is 13.9. The molecule has 0 amide bonds. The van der Waals surface area contributed by atoms with Gasteiger partial charge in [-0.1, -0.05) is 19.9 Å². The third-order valence-electron chi connectivity index (χ3n) is 2.76. The molecular weight excluding hydrogens is 241 g/mol. The molecule has 2 N–H and O–H groups in total. The topological polar surface area (TPSA) is 26.0 Å². The highest BCUT2D eigenvalue weighted by Crippen LogP contribution is 2.36. The van der Waals surface area contributed by atoms with Crippen molar-refractivity contribution in [2.24, 2.45) is 5.73 Å². The standard InChI is InChI=1S/C11H12F5N/c1-10(2,9(17)11(14,15)16)7-4-3-6(12)5-8(7)13/h3-5,9H,17H2,1-2H3. The summed E-state index contributed by atoms with van der Waals surface area (Å²) in [7, 11) is 0. The highest BCUT2D eigenvalue weighted by Gasteiger charge is 2.48. The van der Waals surface area contributed by atoms with Gasteiger partial charge in [-0.25, -0.2) is 8.78 Å². The smallest absolute Gasteiger partial charge is 0.319 e. The van der Waals surface area contributed by atoms with Crippen LogP contribution in [0.4, 0.5) is 22.0 Å². The van der Waals surface area contributed by atoms with E-state index in [1.54, 1.807) is 0 Å². The van der Waals surface area contributed by atoms with Crippen LogP contribution in [-0.4, -0.2) is 12.2 Å². The van der Waals surface area contributed by atoms with Gasteiger partial charge in [0.05, 0.1) is 0 Å². The lowest BCUT2D eigenvalue weighted by atomic mass is 9.77. The summed E-state index contributed by atoms with van der Waals surface area (Å²) in [6.07, 6.45) is -4.65. The first-order valence-electron chi connectivity index (χ1n) is 4.84. The number of halogens is 5. The van der Waals surface area contributed by atoms with Crippen molar-refractivity contribution in [2.45, 2.75) is 31.5 Å². The molecule has 0 aliphatic heterocycles. The van der Waals surface area contributed by atoms with E-state index in [1.165, 1.54) is 13.8 Å². The van der Waals surface area contributed by atoms with Gasteiger partial charge < -0.3 is 5.73 Å². The zero-order valence-electron chi connectivity index (χ0n) is 9.28. The lowest BCUT2D eigenvalue weighted by molar-refractivity contribution is -0.160. The summed E-state index contributed by atoms with van der Waals surface area (Å²) >= 11 is 0. The molecule has 6 heteroatoms. The molecule has 0 aliphatic carbocycles. The van der Waals surface area contributed by atoms with Crippen LogP contribution in [0.1, 0.15) is 19.4 Å². The number of hydrogen-bond donors (Lipinski definition) is 1. The van der Waals surface area contributed by atoms with E-state index in [2.05, 4.69) is 0 Å². The zero-order chi connectivity index (χ0) is 13.4. The third kappa shape index (κ3) is 2.74. The normalized spacial score (nSPS) is 14.8. The van der Waals surface area contributed by atoms with E-state index in [-0.39, 0.29) is 5.56 Å². The molecule has 1 aromatic rings. The van der Waals surface area contributed by atoms with Gasteiger partial charge in [0.1, 0.15) is 17.7 Å². The predicted molar refractivity (Wildman–Crippen MR) is 53.4 cm³/mol. The fraction of sp³-hybridized carbons (Fsp3) is 0.455. The van der Waals surface area contributed by atoms with Crippen LogP contribution in [0.15, 0.2) is 18.2 Å². The van der Waals surface area contributed by atoms with Crippen molar-refractivity contribution in [3.8, 4) is 0 Å². The van der Waals surface area contributed by atoms with Crippen LogP contribution in [0.25, 0.3) is 0 Å². The Kier molecular flexibility index (Phi) is 3.47. The van der Waals surface area contributed by atoms with Gasteiger partial charge in [-0.3, -0.25) is 0 Å². The molecule has 0 saturated carbocycles. The SMILES string of the molecule is CC(C)(c1ccc(F)cc1F)C(N)C(F)(F)F. The predicted octanol–water partition coefficient (Wildman–Crippen LogP) is 3.13. The van der Waals surface area contributed by atoms with Crippen molar-refractivity contribution >= 4 is 0 Å². The van der Waals surface area contributed by atoms with E-state index >= 15 is 0 Å². The van der Waals surface area contributed by atoms with Crippen molar-refractivity contribution in [2.75, 3.05) is 0 Å². The molecule has 0 heterocycles. The van der Waals surface area contributed by atoms with E-state index in [4.69, 9.17) is 5.73 Å². The first-order chi connectivity index (χ1) is 7.56. The Labute approximate surface area is 95.4 Å². The van der Waals surface area contributed by atoms with Crippen molar-refractivity contribution in [1.29, 1.82) is 0 Å². The number of rotatable bonds is 2. The molecule has 96 valence electrons. The number of nitrogens with two attached hydrogens (primary N) is 1.